The zero-order valence-electron chi connectivity index (χ0n) is 18.1. The number of ether oxygens (including phenoxy) is 1. The van der Waals surface area contributed by atoms with Crippen LogP contribution in [0.1, 0.15) is 40.7 Å². The molecule has 1 amide bonds. The summed E-state index contributed by atoms with van der Waals surface area (Å²) in [5.41, 5.74) is 3.66. The van der Waals surface area contributed by atoms with Crippen molar-refractivity contribution in [3.63, 3.8) is 0 Å². The Morgan fingerprint density at radius 2 is 1.97 bits per heavy atom. The molecular formula is C25H27FN2O4. The summed E-state index contributed by atoms with van der Waals surface area (Å²) in [6, 6.07) is 11.5. The molecule has 7 heteroatoms. The van der Waals surface area contributed by atoms with E-state index >= 15 is 0 Å². The summed E-state index contributed by atoms with van der Waals surface area (Å²) in [6.45, 7) is 1.63. The Bertz CT molecular complexity index is 1030. The lowest BCUT2D eigenvalue weighted by molar-refractivity contribution is -0.138. The summed E-state index contributed by atoms with van der Waals surface area (Å²) in [4.78, 5) is 31.0. The second kappa shape index (κ2) is 9.51. The number of benzene rings is 2. The average Bonchev–Trinajstić information content (AvgIpc) is 2.79. The molecule has 4 rings (SSSR count). The Balaban J connectivity index is 1.55. The lowest BCUT2D eigenvalue weighted by Crippen LogP contribution is -2.45. The lowest BCUT2D eigenvalue weighted by Gasteiger charge is -2.39. The standard InChI is InChI=1S/C25H27FN2O4/c1-32-21-6-7-22-18(12-21)8-10-27-23(22)13-19-15-28(11-9-17(19)14-24(29)30)25(31)16-2-4-20(26)5-3-16/h2-7,12,17,19H,8-11,13-15H2,1H3,(H,29,30)/t17-,19-/m0/s1. The summed E-state index contributed by atoms with van der Waals surface area (Å²) < 4.78 is 18.6. The molecule has 6 nitrogen and oxygen atoms in total. The minimum absolute atomic E-state index is 0.0175. The van der Waals surface area contributed by atoms with Gasteiger partial charge in [0.15, 0.2) is 0 Å². The smallest absolute Gasteiger partial charge is 0.303 e. The van der Waals surface area contributed by atoms with Crippen LogP contribution in [0, 0.1) is 17.7 Å². The highest BCUT2D eigenvalue weighted by Crippen LogP contribution is 2.33. The number of rotatable bonds is 6. The van der Waals surface area contributed by atoms with E-state index in [1.165, 1.54) is 29.8 Å². The quantitative estimate of drug-likeness (QED) is 0.744. The molecule has 2 aromatic rings. The van der Waals surface area contributed by atoms with Gasteiger partial charge in [-0.3, -0.25) is 14.6 Å². The minimum atomic E-state index is -0.825. The van der Waals surface area contributed by atoms with E-state index in [1.807, 2.05) is 18.2 Å². The molecule has 32 heavy (non-hydrogen) atoms. The van der Waals surface area contributed by atoms with Crippen LogP contribution in [0.25, 0.3) is 0 Å². The van der Waals surface area contributed by atoms with Gasteiger partial charge in [-0.2, -0.15) is 0 Å². The number of aliphatic imine (C=N–C) groups is 1. The van der Waals surface area contributed by atoms with Crippen LogP contribution >= 0.6 is 0 Å². The van der Waals surface area contributed by atoms with Crippen LogP contribution in [0.4, 0.5) is 4.39 Å². The van der Waals surface area contributed by atoms with E-state index in [0.717, 1.165) is 23.4 Å². The predicted octanol–water partition coefficient (Wildman–Crippen LogP) is 3.82. The Kier molecular flexibility index (Phi) is 6.53. The number of methoxy groups -OCH3 is 1. The number of piperidine rings is 1. The first-order chi connectivity index (χ1) is 15.4. The molecule has 2 aliphatic rings. The van der Waals surface area contributed by atoms with Crippen LogP contribution < -0.4 is 4.74 Å². The highest BCUT2D eigenvalue weighted by atomic mass is 19.1. The van der Waals surface area contributed by atoms with Gasteiger partial charge in [0, 0.05) is 37.3 Å². The Labute approximate surface area is 186 Å². The molecule has 0 spiro atoms. The lowest BCUT2D eigenvalue weighted by atomic mass is 9.78. The molecule has 2 atom stereocenters. The molecule has 1 saturated heterocycles. The van der Waals surface area contributed by atoms with E-state index in [4.69, 9.17) is 9.73 Å². The molecule has 0 saturated carbocycles. The maximum absolute atomic E-state index is 13.3. The Morgan fingerprint density at radius 3 is 2.69 bits per heavy atom. The maximum Gasteiger partial charge on any atom is 0.303 e. The number of carboxylic acid groups (broad SMARTS) is 1. The molecule has 0 aliphatic carbocycles. The molecule has 0 bridgehead atoms. The summed E-state index contributed by atoms with van der Waals surface area (Å²) in [5, 5.41) is 9.42. The van der Waals surface area contributed by atoms with Crippen molar-refractivity contribution in [2.75, 3.05) is 26.7 Å². The van der Waals surface area contributed by atoms with Gasteiger partial charge in [0.05, 0.1) is 7.11 Å². The average molecular weight is 438 g/mol. The van der Waals surface area contributed by atoms with Crippen LogP contribution in [0.3, 0.4) is 0 Å². The van der Waals surface area contributed by atoms with Crippen molar-refractivity contribution in [2.45, 2.75) is 25.7 Å². The van der Waals surface area contributed by atoms with Gasteiger partial charge in [-0.15, -0.1) is 0 Å². The van der Waals surface area contributed by atoms with Gasteiger partial charge >= 0.3 is 5.97 Å². The number of nitrogens with zero attached hydrogens (tertiary/aromatic N) is 2. The zero-order valence-corrected chi connectivity index (χ0v) is 18.1. The van der Waals surface area contributed by atoms with Crippen LogP contribution in [-0.2, 0) is 11.2 Å². The molecule has 1 N–H and O–H groups in total. The first kappa shape index (κ1) is 22.0. The van der Waals surface area contributed by atoms with Crippen LogP contribution in [0.2, 0.25) is 0 Å². The van der Waals surface area contributed by atoms with E-state index in [2.05, 4.69) is 0 Å². The molecule has 0 aromatic heterocycles. The number of hydrogen-bond donors (Lipinski definition) is 1. The Morgan fingerprint density at radius 1 is 1.19 bits per heavy atom. The topological polar surface area (TPSA) is 79.2 Å². The summed E-state index contributed by atoms with van der Waals surface area (Å²) in [7, 11) is 1.64. The SMILES string of the molecule is COc1ccc2c(c1)CCN=C2C[C@H]1CN(C(=O)c2ccc(F)cc2)CC[C@H]1CC(=O)O. The number of carbonyl (C=O) groups excluding carboxylic acids is 1. The van der Waals surface area contributed by atoms with E-state index in [1.54, 1.807) is 12.0 Å². The number of aliphatic carboxylic acids is 1. The molecule has 0 radical (unpaired) electrons. The largest absolute Gasteiger partial charge is 0.497 e. The number of carboxylic acids is 1. The highest BCUT2D eigenvalue weighted by molar-refractivity contribution is 6.03. The van der Waals surface area contributed by atoms with Crippen molar-refractivity contribution in [1.82, 2.24) is 4.90 Å². The van der Waals surface area contributed by atoms with E-state index in [9.17, 15) is 19.1 Å². The van der Waals surface area contributed by atoms with Crippen LogP contribution in [0.5, 0.6) is 5.75 Å². The fourth-order valence-corrected chi connectivity index (χ4v) is 4.77. The van der Waals surface area contributed by atoms with Gasteiger partial charge in [-0.05, 0) is 84.7 Å². The fraction of sp³-hybridized carbons (Fsp3) is 0.400. The molecule has 2 heterocycles. The van der Waals surface area contributed by atoms with E-state index < -0.39 is 5.97 Å². The normalized spacial score (nSPS) is 20.3. The maximum atomic E-state index is 13.3. The Hall–Kier alpha value is -3.22. The third-order valence-corrected chi connectivity index (χ3v) is 6.47. The van der Waals surface area contributed by atoms with Crippen molar-refractivity contribution in [3.05, 3.63) is 65.0 Å². The van der Waals surface area contributed by atoms with Gasteiger partial charge in [0.1, 0.15) is 11.6 Å². The monoisotopic (exact) mass is 438 g/mol. The number of carbonyl (C=O) groups is 2. The van der Waals surface area contributed by atoms with Crippen LogP contribution in [0.15, 0.2) is 47.5 Å². The first-order valence-corrected chi connectivity index (χ1v) is 10.9. The highest BCUT2D eigenvalue weighted by Gasteiger charge is 2.34. The van der Waals surface area contributed by atoms with Gasteiger partial charge < -0.3 is 14.7 Å². The van der Waals surface area contributed by atoms with Crippen molar-refractivity contribution in [2.24, 2.45) is 16.8 Å². The molecule has 2 aromatic carbocycles. The number of likely N-dealkylation sites (tertiary alicyclic amines) is 1. The van der Waals surface area contributed by atoms with Gasteiger partial charge in [0.25, 0.3) is 5.91 Å². The number of hydrogen-bond acceptors (Lipinski definition) is 4. The van der Waals surface area contributed by atoms with E-state index in [-0.39, 0.29) is 30.0 Å². The van der Waals surface area contributed by atoms with E-state index in [0.29, 0.717) is 38.0 Å². The minimum Gasteiger partial charge on any atom is -0.497 e. The number of amides is 1. The molecule has 2 aliphatic heterocycles. The van der Waals surface area contributed by atoms with Gasteiger partial charge in [0.2, 0.25) is 0 Å². The van der Waals surface area contributed by atoms with Crippen molar-refractivity contribution < 1.29 is 23.8 Å². The second-order valence-electron chi connectivity index (χ2n) is 8.47. The zero-order chi connectivity index (χ0) is 22.7. The third-order valence-electron chi connectivity index (χ3n) is 6.47. The molecule has 1 fully saturated rings. The molecule has 0 unspecified atom stereocenters. The fourth-order valence-electron chi connectivity index (χ4n) is 4.77. The molecular weight excluding hydrogens is 411 g/mol. The number of halogens is 1. The summed E-state index contributed by atoms with van der Waals surface area (Å²) in [6.07, 6.45) is 2.15. The third kappa shape index (κ3) is 4.82. The second-order valence-corrected chi connectivity index (χ2v) is 8.47. The van der Waals surface area contributed by atoms with Crippen LogP contribution in [-0.4, -0.2) is 54.3 Å². The summed E-state index contributed by atoms with van der Waals surface area (Å²) in [5.74, 6) is -0.603. The number of fused-ring (bicyclic) bond motifs is 1. The van der Waals surface area contributed by atoms with Gasteiger partial charge in [-0.1, -0.05) is 0 Å². The predicted molar refractivity (Wildman–Crippen MR) is 119 cm³/mol. The first-order valence-electron chi connectivity index (χ1n) is 10.9. The van der Waals surface area contributed by atoms with Crippen molar-refractivity contribution in [1.29, 1.82) is 0 Å². The van der Waals surface area contributed by atoms with Crippen molar-refractivity contribution in [3.8, 4) is 5.75 Å². The molecule has 168 valence electrons. The summed E-state index contributed by atoms with van der Waals surface area (Å²) >= 11 is 0. The van der Waals surface area contributed by atoms with Crippen molar-refractivity contribution >= 4 is 17.6 Å². The van der Waals surface area contributed by atoms with Gasteiger partial charge in [-0.25, -0.2) is 4.39 Å².